The summed E-state index contributed by atoms with van der Waals surface area (Å²) in [6.45, 7) is 2.15. The van der Waals surface area contributed by atoms with E-state index in [1.165, 1.54) is 22.1 Å². The van der Waals surface area contributed by atoms with E-state index in [-0.39, 0.29) is 17.7 Å². The third kappa shape index (κ3) is 3.12. The lowest BCUT2D eigenvalue weighted by Crippen LogP contribution is -2.30. The molecule has 2 aromatic rings. The molecule has 6 nitrogen and oxygen atoms in total. The van der Waals surface area contributed by atoms with Crippen LogP contribution in [0.3, 0.4) is 0 Å². The van der Waals surface area contributed by atoms with Crippen LogP contribution in [0.15, 0.2) is 21.2 Å². The van der Waals surface area contributed by atoms with Crippen molar-refractivity contribution in [3.63, 3.8) is 0 Å². The first kappa shape index (κ1) is 14.0. The fraction of sp³-hybridized carbons (Fsp3) is 0.364. The minimum absolute atomic E-state index is 0.0275. The van der Waals surface area contributed by atoms with E-state index in [9.17, 15) is 9.59 Å². The van der Waals surface area contributed by atoms with Gasteiger partial charge in [0.15, 0.2) is 0 Å². The Bertz CT molecular complexity index is 691. The van der Waals surface area contributed by atoms with Gasteiger partial charge in [-0.2, -0.15) is 0 Å². The van der Waals surface area contributed by atoms with Crippen LogP contribution in [-0.2, 0) is 11.3 Å². The minimum atomic E-state index is -0.588. The lowest BCUT2D eigenvalue weighted by Gasteiger charge is -2.04. The molecule has 0 fully saturated rings. The van der Waals surface area contributed by atoms with Crippen LogP contribution in [0.2, 0.25) is 5.02 Å². The number of H-pyrrole nitrogens is 1. The number of halogens is 1. The number of thiazole rings is 1. The largest absolute Gasteiger partial charge is 0.375 e. The van der Waals surface area contributed by atoms with Gasteiger partial charge in [-0.1, -0.05) is 11.6 Å². The van der Waals surface area contributed by atoms with E-state index in [1.54, 1.807) is 7.11 Å². The number of aromatic amines is 1. The lowest BCUT2D eigenvalue weighted by molar-refractivity contribution is 0.119. The number of hydrogen-bond donors (Lipinski definition) is 1. The molecule has 19 heavy (non-hydrogen) atoms. The van der Waals surface area contributed by atoms with Gasteiger partial charge in [-0.05, 0) is 6.92 Å². The maximum atomic E-state index is 11.6. The Morgan fingerprint density at radius 1 is 1.58 bits per heavy atom. The average molecular weight is 302 g/mol. The number of hydrogen-bond acceptors (Lipinski definition) is 5. The van der Waals surface area contributed by atoms with Gasteiger partial charge in [0.1, 0.15) is 16.1 Å². The fourth-order valence-corrected chi connectivity index (χ4v) is 2.46. The maximum Gasteiger partial charge on any atom is 0.328 e. The molecule has 0 bridgehead atoms. The van der Waals surface area contributed by atoms with Crippen LogP contribution in [0, 0.1) is 0 Å². The SMILES string of the molecule is CO[C@H](C)c1nc(Cn2cc(Cl)c(=O)[nH]c2=O)cs1. The molecule has 0 aromatic carbocycles. The zero-order valence-electron chi connectivity index (χ0n) is 10.3. The number of methoxy groups -OCH3 is 1. The Morgan fingerprint density at radius 2 is 2.32 bits per heavy atom. The normalized spacial score (nSPS) is 12.6. The zero-order valence-corrected chi connectivity index (χ0v) is 11.9. The van der Waals surface area contributed by atoms with Crippen molar-refractivity contribution in [2.45, 2.75) is 19.6 Å². The second-order valence-corrected chi connectivity index (χ2v) is 5.22. The molecule has 0 aliphatic rings. The van der Waals surface area contributed by atoms with Crippen molar-refractivity contribution in [2.24, 2.45) is 0 Å². The summed E-state index contributed by atoms with van der Waals surface area (Å²) in [5.74, 6) is 0. The van der Waals surface area contributed by atoms with Crippen LogP contribution in [0.5, 0.6) is 0 Å². The van der Waals surface area contributed by atoms with E-state index in [4.69, 9.17) is 16.3 Å². The van der Waals surface area contributed by atoms with Gasteiger partial charge in [-0.25, -0.2) is 9.78 Å². The third-order valence-corrected chi connectivity index (χ3v) is 3.89. The Kier molecular flexibility index (Phi) is 4.18. The zero-order chi connectivity index (χ0) is 14.0. The molecule has 2 rings (SSSR count). The topological polar surface area (TPSA) is 77.0 Å². The van der Waals surface area contributed by atoms with E-state index < -0.39 is 11.2 Å². The lowest BCUT2D eigenvalue weighted by atomic mass is 10.4. The predicted octanol–water partition coefficient (Wildman–Crippen LogP) is 1.40. The molecule has 2 heterocycles. The second kappa shape index (κ2) is 5.68. The van der Waals surface area contributed by atoms with Gasteiger partial charge in [0.2, 0.25) is 0 Å². The van der Waals surface area contributed by atoms with Crippen LogP contribution in [0.25, 0.3) is 0 Å². The summed E-state index contributed by atoms with van der Waals surface area (Å²) >= 11 is 7.15. The first-order valence-corrected chi connectivity index (χ1v) is 6.73. The molecule has 2 aromatic heterocycles. The minimum Gasteiger partial charge on any atom is -0.375 e. The van der Waals surface area contributed by atoms with Crippen LogP contribution >= 0.6 is 22.9 Å². The molecule has 0 spiro atoms. The highest BCUT2D eigenvalue weighted by molar-refractivity contribution is 7.09. The van der Waals surface area contributed by atoms with E-state index >= 15 is 0 Å². The number of aromatic nitrogens is 3. The van der Waals surface area contributed by atoms with Crippen molar-refractivity contribution >= 4 is 22.9 Å². The summed E-state index contributed by atoms with van der Waals surface area (Å²) in [4.78, 5) is 29.2. The molecule has 0 saturated heterocycles. The van der Waals surface area contributed by atoms with E-state index in [0.717, 1.165) is 5.01 Å². The predicted molar refractivity (Wildman–Crippen MR) is 73.0 cm³/mol. The van der Waals surface area contributed by atoms with Gasteiger partial charge < -0.3 is 4.74 Å². The summed E-state index contributed by atoms with van der Waals surface area (Å²) in [6.07, 6.45) is 1.22. The van der Waals surface area contributed by atoms with Crippen molar-refractivity contribution in [2.75, 3.05) is 7.11 Å². The van der Waals surface area contributed by atoms with Gasteiger partial charge in [0.05, 0.1) is 12.2 Å². The molecule has 102 valence electrons. The number of nitrogens with zero attached hydrogens (tertiary/aromatic N) is 2. The standard InChI is InChI=1S/C11H12ClN3O3S/c1-6(18-2)10-13-7(5-19-10)3-15-4-8(12)9(16)14-11(15)17/h4-6H,3H2,1-2H3,(H,14,16,17)/t6-/m1/s1. The maximum absolute atomic E-state index is 11.6. The van der Waals surface area contributed by atoms with Crippen molar-refractivity contribution in [3.8, 4) is 0 Å². The Labute approximate surface area is 117 Å². The molecule has 1 N–H and O–H groups in total. The molecule has 1 atom stereocenters. The van der Waals surface area contributed by atoms with Crippen LogP contribution in [-0.4, -0.2) is 21.6 Å². The van der Waals surface area contributed by atoms with Crippen LogP contribution < -0.4 is 11.2 Å². The third-order valence-electron chi connectivity index (χ3n) is 2.57. The van der Waals surface area contributed by atoms with Crippen molar-refractivity contribution in [3.05, 3.63) is 48.1 Å². The van der Waals surface area contributed by atoms with Crippen molar-refractivity contribution in [1.29, 1.82) is 0 Å². The monoisotopic (exact) mass is 301 g/mol. The van der Waals surface area contributed by atoms with Crippen LogP contribution in [0.1, 0.15) is 23.7 Å². The highest BCUT2D eigenvalue weighted by atomic mass is 35.5. The molecule has 0 unspecified atom stereocenters. The fourth-order valence-electron chi connectivity index (χ4n) is 1.46. The van der Waals surface area contributed by atoms with Gasteiger partial charge in [0, 0.05) is 18.7 Å². The number of ether oxygens (including phenoxy) is 1. The molecule has 0 aliphatic carbocycles. The Morgan fingerprint density at radius 3 is 3.00 bits per heavy atom. The van der Waals surface area contributed by atoms with Gasteiger partial charge in [-0.3, -0.25) is 14.3 Å². The van der Waals surface area contributed by atoms with Crippen LogP contribution in [0.4, 0.5) is 0 Å². The van der Waals surface area contributed by atoms with E-state index in [1.807, 2.05) is 12.3 Å². The van der Waals surface area contributed by atoms with Crippen molar-refractivity contribution in [1.82, 2.24) is 14.5 Å². The van der Waals surface area contributed by atoms with Gasteiger partial charge in [0.25, 0.3) is 5.56 Å². The second-order valence-electron chi connectivity index (χ2n) is 3.92. The first-order valence-electron chi connectivity index (χ1n) is 5.47. The molecule has 0 radical (unpaired) electrons. The summed E-state index contributed by atoms with van der Waals surface area (Å²) < 4.78 is 6.47. The molecule has 0 aliphatic heterocycles. The highest BCUT2D eigenvalue weighted by Gasteiger charge is 2.10. The summed E-state index contributed by atoms with van der Waals surface area (Å²) in [5, 5.41) is 2.65. The van der Waals surface area contributed by atoms with E-state index in [0.29, 0.717) is 5.69 Å². The first-order chi connectivity index (χ1) is 9.01. The number of rotatable bonds is 4. The molecule has 0 amide bonds. The highest BCUT2D eigenvalue weighted by Crippen LogP contribution is 2.20. The smallest absolute Gasteiger partial charge is 0.328 e. The summed E-state index contributed by atoms with van der Waals surface area (Å²) in [5.41, 5.74) is -0.382. The average Bonchev–Trinajstić information content (AvgIpc) is 2.83. The summed E-state index contributed by atoms with van der Waals surface area (Å²) in [6, 6.07) is 0. The number of nitrogens with one attached hydrogen (secondary N) is 1. The van der Waals surface area contributed by atoms with Crippen molar-refractivity contribution < 1.29 is 4.74 Å². The van der Waals surface area contributed by atoms with Gasteiger partial charge in [-0.15, -0.1) is 11.3 Å². The molecular weight excluding hydrogens is 290 g/mol. The van der Waals surface area contributed by atoms with E-state index in [2.05, 4.69) is 9.97 Å². The Hall–Kier alpha value is -1.44. The molecule has 8 heteroatoms. The van der Waals surface area contributed by atoms with Gasteiger partial charge >= 0.3 is 5.69 Å². The quantitative estimate of drug-likeness (QED) is 0.926. The molecular formula is C11H12ClN3O3S. The molecule has 0 saturated carbocycles. The summed E-state index contributed by atoms with van der Waals surface area (Å²) in [7, 11) is 1.61. The Balaban J connectivity index is 2.27.